The van der Waals surface area contributed by atoms with Crippen LogP contribution in [0.4, 0.5) is 4.39 Å². The molecule has 0 aromatic heterocycles. The van der Waals surface area contributed by atoms with Gasteiger partial charge in [-0.3, -0.25) is 4.79 Å². The minimum Gasteiger partial charge on any atom is -0.350 e. The van der Waals surface area contributed by atoms with Gasteiger partial charge in [0, 0.05) is 22.3 Å². The number of rotatable bonds is 5. The lowest BCUT2D eigenvalue weighted by Gasteiger charge is -2.14. The summed E-state index contributed by atoms with van der Waals surface area (Å²) in [5.74, 6) is -0.451. The number of benzene rings is 2. The molecule has 0 aliphatic rings. The van der Waals surface area contributed by atoms with Crippen molar-refractivity contribution >= 4 is 32.6 Å². The van der Waals surface area contributed by atoms with Gasteiger partial charge in [-0.05, 0) is 37.3 Å². The molecule has 0 radical (unpaired) electrons. The van der Waals surface area contributed by atoms with E-state index in [4.69, 9.17) is 0 Å². The molecule has 0 aliphatic carbocycles. The Kier molecular flexibility index (Phi) is 5.12. The lowest BCUT2D eigenvalue weighted by molar-refractivity contribution is 0.0940. The normalized spacial score (nSPS) is 12.3. The van der Waals surface area contributed by atoms with Crippen LogP contribution in [0.3, 0.4) is 0 Å². The second-order valence-corrected chi connectivity index (χ2v) is 5.64. The zero-order valence-corrected chi connectivity index (χ0v) is 12.9. The summed E-state index contributed by atoms with van der Waals surface area (Å²) < 4.78 is 13.7. The average molecular weight is 338 g/mol. The molecule has 106 valence electrons. The van der Waals surface area contributed by atoms with Gasteiger partial charge in [0.25, 0.3) is 5.91 Å². The first-order chi connectivity index (χ1) is 9.63. The van der Waals surface area contributed by atoms with Gasteiger partial charge in [-0.25, -0.2) is 4.39 Å². The molecule has 2 nitrogen and oxygen atoms in total. The van der Waals surface area contributed by atoms with Crippen molar-refractivity contribution in [2.75, 3.05) is 5.33 Å². The summed E-state index contributed by atoms with van der Waals surface area (Å²) in [7, 11) is 0. The maximum Gasteiger partial charge on any atom is 0.252 e. The zero-order chi connectivity index (χ0) is 14.5. The van der Waals surface area contributed by atoms with Gasteiger partial charge in [-0.15, -0.1) is 0 Å². The second-order valence-electron chi connectivity index (χ2n) is 4.85. The number of fused-ring (bicyclic) bond motifs is 1. The van der Waals surface area contributed by atoms with E-state index >= 15 is 0 Å². The molecule has 1 N–H and O–H groups in total. The first kappa shape index (κ1) is 15.0. The predicted octanol–water partition coefficient (Wildman–Crippen LogP) is 4.27. The monoisotopic (exact) mass is 337 g/mol. The van der Waals surface area contributed by atoms with Crippen LogP contribution in [0, 0.1) is 5.82 Å². The van der Waals surface area contributed by atoms with E-state index < -0.39 is 0 Å². The first-order valence-electron chi connectivity index (χ1n) is 6.67. The molecule has 0 saturated carbocycles. The number of carbonyl (C=O) groups is 1. The van der Waals surface area contributed by atoms with Crippen LogP contribution in [-0.2, 0) is 0 Å². The average Bonchev–Trinajstić information content (AvgIpc) is 2.45. The van der Waals surface area contributed by atoms with Gasteiger partial charge in [0.05, 0.1) is 0 Å². The van der Waals surface area contributed by atoms with E-state index in [1.807, 2.05) is 13.0 Å². The van der Waals surface area contributed by atoms with E-state index in [-0.39, 0.29) is 17.8 Å². The molecule has 2 aromatic rings. The Morgan fingerprint density at radius 1 is 1.25 bits per heavy atom. The predicted molar refractivity (Wildman–Crippen MR) is 83.9 cm³/mol. The SMILES string of the molecule is CC(CCCBr)NC(=O)c1ccc(F)c2ccccc12. The highest BCUT2D eigenvalue weighted by molar-refractivity contribution is 9.09. The highest BCUT2D eigenvalue weighted by Crippen LogP contribution is 2.21. The minimum atomic E-state index is -0.301. The first-order valence-corrected chi connectivity index (χ1v) is 7.79. The second kappa shape index (κ2) is 6.84. The Morgan fingerprint density at radius 3 is 2.65 bits per heavy atom. The number of alkyl halides is 1. The van der Waals surface area contributed by atoms with Crippen molar-refractivity contribution < 1.29 is 9.18 Å². The van der Waals surface area contributed by atoms with Gasteiger partial charge >= 0.3 is 0 Å². The number of hydrogen-bond acceptors (Lipinski definition) is 1. The van der Waals surface area contributed by atoms with E-state index in [0.717, 1.165) is 18.2 Å². The Labute approximate surface area is 126 Å². The fourth-order valence-electron chi connectivity index (χ4n) is 2.22. The minimum absolute atomic E-state index is 0.101. The highest BCUT2D eigenvalue weighted by Gasteiger charge is 2.14. The van der Waals surface area contributed by atoms with Gasteiger partial charge in [0.15, 0.2) is 0 Å². The van der Waals surface area contributed by atoms with E-state index in [2.05, 4.69) is 21.2 Å². The molecule has 0 aliphatic heterocycles. The molecule has 0 heterocycles. The van der Waals surface area contributed by atoms with E-state index in [9.17, 15) is 9.18 Å². The molecule has 1 unspecified atom stereocenters. The van der Waals surface area contributed by atoms with Gasteiger partial charge < -0.3 is 5.32 Å². The van der Waals surface area contributed by atoms with Gasteiger partial charge in [-0.1, -0.05) is 40.2 Å². The highest BCUT2D eigenvalue weighted by atomic mass is 79.9. The summed E-state index contributed by atoms with van der Waals surface area (Å²) in [5, 5.41) is 5.01. The number of halogens is 2. The maximum atomic E-state index is 13.7. The third-order valence-corrected chi connectivity index (χ3v) is 3.82. The summed E-state index contributed by atoms with van der Waals surface area (Å²) in [4.78, 5) is 12.3. The Balaban J connectivity index is 2.24. The van der Waals surface area contributed by atoms with Crippen molar-refractivity contribution in [1.29, 1.82) is 0 Å². The van der Waals surface area contributed by atoms with Gasteiger partial charge in [0.2, 0.25) is 0 Å². The van der Waals surface area contributed by atoms with Crippen LogP contribution < -0.4 is 5.32 Å². The lowest BCUT2D eigenvalue weighted by Crippen LogP contribution is -2.32. The summed E-state index contributed by atoms with van der Waals surface area (Å²) in [6.45, 7) is 1.98. The van der Waals surface area contributed by atoms with Crippen molar-refractivity contribution in [2.45, 2.75) is 25.8 Å². The zero-order valence-electron chi connectivity index (χ0n) is 11.3. The molecular formula is C16H17BrFNO. The Hall–Kier alpha value is -1.42. The van der Waals surface area contributed by atoms with Crippen molar-refractivity contribution in [3.05, 3.63) is 47.8 Å². The van der Waals surface area contributed by atoms with Crippen LogP contribution in [0.2, 0.25) is 0 Å². The smallest absolute Gasteiger partial charge is 0.252 e. The van der Waals surface area contributed by atoms with Crippen molar-refractivity contribution in [3.8, 4) is 0 Å². The van der Waals surface area contributed by atoms with Crippen LogP contribution in [0.1, 0.15) is 30.1 Å². The van der Waals surface area contributed by atoms with Crippen LogP contribution in [0.15, 0.2) is 36.4 Å². The molecule has 0 spiro atoms. The van der Waals surface area contributed by atoms with Crippen molar-refractivity contribution in [3.63, 3.8) is 0 Å². The van der Waals surface area contributed by atoms with Crippen molar-refractivity contribution in [1.82, 2.24) is 5.32 Å². The van der Waals surface area contributed by atoms with Gasteiger partial charge in [-0.2, -0.15) is 0 Å². The summed E-state index contributed by atoms with van der Waals surface area (Å²) >= 11 is 3.38. The molecule has 0 saturated heterocycles. The lowest BCUT2D eigenvalue weighted by atomic mass is 10.0. The summed E-state index contributed by atoms with van der Waals surface area (Å²) in [5.41, 5.74) is 0.521. The number of nitrogens with one attached hydrogen (secondary N) is 1. The molecule has 20 heavy (non-hydrogen) atoms. The molecule has 1 atom stereocenters. The molecule has 2 rings (SSSR count). The van der Waals surface area contributed by atoms with Crippen LogP contribution in [0.5, 0.6) is 0 Å². The molecule has 2 aromatic carbocycles. The van der Waals surface area contributed by atoms with E-state index in [0.29, 0.717) is 16.3 Å². The molecular weight excluding hydrogens is 321 g/mol. The topological polar surface area (TPSA) is 29.1 Å². The van der Waals surface area contributed by atoms with Crippen LogP contribution >= 0.6 is 15.9 Å². The molecule has 1 amide bonds. The van der Waals surface area contributed by atoms with Crippen LogP contribution in [0.25, 0.3) is 10.8 Å². The maximum absolute atomic E-state index is 13.7. The fourth-order valence-corrected chi connectivity index (χ4v) is 2.54. The van der Waals surface area contributed by atoms with E-state index in [1.165, 1.54) is 6.07 Å². The molecule has 4 heteroatoms. The third kappa shape index (κ3) is 3.37. The van der Waals surface area contributed by atoms with Crippen LogP contribution in [-0.4, -0.2) is 17.3 Å². The molecule has 0 bridgehead atoms. The Morgan fingerprint density at radius 2 is 1.95 bits per heavy atom. The Bertz CT molecular complexity index is 614. The number of carbonyl (C=O) groups excluding carboxylic acids is 1. The third-order valence-electron chi connectivity index (χ3n) is 3.26. The largest absolute Gasteiger partial charge is 0.350 e. The quantitative estimate of drug-likeness (QED) is 0.811. The summed E-state index contributed by atoms with van der Waals surface area (Å²) in [6, 6.07) is 10.0. The standard InChI is InChI=1S/C16H17BrFNO/c1-11(5-4-10-17)19-16(20)14-8-9-15(18)13-7-3-2-6-12(13)14/h2-3,6-9,11H,4-5,10H2,1H3,(H,19,20). The van der Waals surface area contributed by atoms with Gasteiger partial charge in [0.1, 0.15) is 5.82 Å². The number of amides is 1. The number of hydrogen-bond donors (Lipinski definition) is 1. The van der Waals surface area contributed by atoms with Crippen molar-refractivity contribution in [2.24, 2.45) is 0 Å². The van der Waals surface area contributed by atoms with E-state index in [1.54, 1.807) is 24.3 Å². The fraction of sp³-hybridized carbons (Fsp3) is 0.312. The summed E-state index contributed by atoms with van der Waals surface area (Å²) in [6.07, 6.45) is 1.92. The molecule has 0 fully saturated rings.